The summed E-state index contributed by atoms with van der Waals surface area (Å²) in [6.45, 7) is 4.87. The number of nitrogens with one attached hydrogen (secondary N) is 2. The molecule has 7 heteroatoms. The smallest absolute Gasteiger partial charge is 0.262 e. The van der Waals surface area contributed by atoms with Gasteiger partial charge in [0.15, 0.2) is 0 Å². The summed E-state index contributed by atoms with van der Waals surface area (Å²) in [5, 5.41) is 4.76. The molecule has 2 aromatic carbocycles. The largest absolute Gasteiger partial charge is 0.370 e. The number of hydrogen-bond acceptors (Lipinski definition) is 3. The molecule has 29 heavy (non-hydrogen) atoms. The van der Waals surface area contributed by atoms with Gasteiger partial charge in [0.25, 0.3) is 11.5 Å². The van der Waals surface area contributed by atoms with Gasteiger partial charge in [0.1, 0.15) is 13.1 Å². The van der Waals surface area contributed by atoms with Crippen molar-refractivity contribution in [2.24, 2.45) is 0 Å². The minimum absolute atomic E-state index is 0.169. The molecule has 2 heterocycles. The van der Waals surface area contributed by atoms with E-state index < -0.39 is 0 Å². The third-order valence-electron chi connectivity index (χ3n) is 5.24. The maximum atomic E-state index is 13.0. The quantitative estimate of drug-likeness (QED) is 0.663. The number of carbonyl (C=O) groups excluding carboxylic acids is 1. The molecule has 4 rings (SSSR count). The number of benzene rings is 2. The van der Waals surface area contributed by atoms with Crippen LogP contribution < -0.4 is 15.8 Å². The number of amides is 1. The monoisotopic (exact) mass is 412 g/mol. The Morgan fingerprint density at radius 2 is 1.76 bits per heavy atom. The molecule has 150 valence electrons. The predicted molar refractivity (Wildman–Crippen MR) is 113 cm³/mol. The molecule has 2 N–H and O–H groups in total. The van der Waals surface area contributed by atoms with Gasteiger partial charge in [0, 0.05) is 27.7 Å². The van der Waals surface area contributed by atoms with Crippen LogP contribution in [-0.4, -0.2) is 49.9 Å². The average Bonchev–Trinajstić information content (AvgIpc) is 2.76. The molecule has 1 saturated heterocycles. The zero-order chi connectivity index (χ0) is 20.2. The van der Waals surface area contributed by atoms with E-state index in [1.807, 2.05) is 12.1 Å². The molecule has 1 aliphatic rings. The lowest BCUT2D eigenvalue weighted by atomic mass is 10.1. The van der Waals surface area contributed by atoms with Crippen LogP contribution in [0.25, 0.3) is 16.5 Å². The number of carbonyl (C=O) groups is 1. The summed E-state index contributed by atoms with van der Waals surface area (Å²) in [5.41, 5.74) is 0.973. The predicted octanol–water partition coefficient (Wildman–Crippen LogP) is 1.29. The fraction of sp³-hybridized carbons (Fsp3) is 0.273. The minimum atomic E-state index is -0.184. The van der Waals surface area contributed by atoms with Gasteiger partial charge in [-0.25, -0.2) is 0 Å². The van der Waals surface area contributed by atoms with Crippen LogP contribution in [0.1, 0.15) is 10.4 Å². The highest BCUT2D eigenvalue weighted by atomic mass is 35.5. The molecular formula is C22H23ClN3O3+. The zero-order valence-corrected chi connectivity index (χ0v) is 16.7. The standard InChI is InChI=1S/C22H22ClN3O3/c23-16-5-7-17(8-6-16)26-15-20(18-3-1-2-4-19(18)22(26)28)21(27)24-9-10-25-11-13-29-14-12-25/h1-8,15H,9-14H2,(H,24,27)/p+1. The van der Waals surface area contributed by atoms with Gasteiger partial charge in [-0.05, 0) is 30.3 Å². The number of hydrogen-bond donors (Lipinski definition) is 2. The van der Waals surface area contributed by atoms with Crippen LogP contribution in [0.5, 0.6) is 0 Å². The first-order chi connectivity index (χ1) is 14.1. The summed E-state index contributed by atoms with van der Waals surface area (Å²) < 4.78 is 6.87. The molecule has 0 atom stereocenters. The fourth-order valence-corrected chi connectivity index (χ4v) is 3.75. The van der Waals surface area contributed by atoms with E-state index in [2.05, 4.69) is 5.32 Å². The van der Waals surface area contributed by atoms with Crippen molar-refractivity contribution in [2.75, 3.05) is 39.4 Å². The normalized spacial score (nSPS) is 14.8. The van der Waals surface area contributed by atoms with Crippen LogP contribution in [0.15, 0.2) is 59.5 Å². The minimum Gasteiger partial charge on any atom is -0.370 e. The number of pyridine rings is 1. The lowest BCUT2D eigenvalue weighted by molar-refractivity contribution is -0.906. The van der Waals surface area contributed by atoms with Crippen LogP contribution in [0.2, 0.25) is 5.02 Å². The molecule has 0 spiro atoms. The van der Waals surface area contributed by atoms with Crippen molar-refractivity contribution in [3.8, 4) is 5.69 Å². The van der Waals surface area contributed by atoms with Crippen molar-refractivity contribution in [3.63, 3.8) is 0 Å². The van der Waals surface area contributed by atoms with Crippen molar-refractivity contribution >= 4 is 28.3 Å². The number of fused-ring (bicyclic) bond motifs is 1. The lowest BCUT2D eigenvalue weighted by Crippen LogP contribution is -3.14. The summed E-state index contributed by atoms with van der Waals surface area (Å²) >= 11 is 5.98. The highest BCUT2D eigenvalue weighted by molar-refractivity contribution is 6.30. The van der Waals surface area contributed by atoms with Crippen LogP contribution >= 0.6 is 11.6 Å². The van der Waals surface area contributed by atoms with Crippen LogP contribution in [0.3, 0.4) is 0 Å². The third kappa shape index (κ3) is 4.34. The van der Waals surface area contributed by atoms with Gasteiger partial charge < -0.3 is 15.0 Å². The fourth-order valence-electron chi connectivity index (χ4n) is 3.62. The second-order valence-corrected chi connectivity index (χ2v) is 7.54. The number of morpholine rings is 1. The highest BCUT2D eigenvalue weighted by Crippen LogP contribution is 2.18. The van der Waals surface area contributed by atoms with Crippen LogP contribution in [0, 0.1) is 0 Å². The summed E-state index contributed by atoms with van der Waals surface area (Å²) in [4.78, 5) is 27.4. The van der Waals surface area contributed by atoms with Crippen LogP contribution in [0.4, 0.5) is 0 Å². The molecular weight excluding hydrogens is 390 g/mol. The zero-order valence-electron chi connectivity index (χ0n) is 16.0. The van der Waals surface area contributed by atoms with Gasteiger partial charge in [-0.2, -0.15) is 0 Å². The van der Waals surface area contributed by atoms with E-state index >= 15 is 0 Å². The maximum absolute atomic E-state index is 13.0. The summed E-state index contributed by atoms with van der Waals surface area (Å²) in [6, 6.07) is 14.2. The van der Waals surface area contributed by atoms with Crippen molar-refractivity contribution in [3.05, 3.63) is 75.7 Å². The molecule has 0 saturated carbocycles. The first-order valence-electron chi connectivity index (χ1n) is 9.73. The van der Waals surface area contributed by atoms with E-state index in [9.17, 15) is 9.59 Å². The van der Waals surface area contributed by atoms with Crippen molar-refractivity contribution in [1.29, 1.82) is 0 Å². The number of aromatic nitrogens is 1. The van der Waals surface area contributed by atoms with Crippen LogP contribution in [-0.2, 0) is 4.74 Å². The second kappa shape index (κ2) is 8.78. The van der Waals surface area contributed by atoms with Gasteiger partial charge in [-0.15, -0.1) is 0 Å². The van der Waals surface area contributed by atoms with Crippen molar-refractivity contribution < 1.29 is 14.4 Å². The molecule has 6 nitrogen and oxygen atoms in total. The third-order valence-corrected chi connectivity index (χ3v) is 5.49. The van der Waals surface area contributed by atoms with E-state index in [0.29, 0.717) is 33.6 Å². The number of halogens is 1. The molecule has 0 unspecified atom stereocenters. The Morgan fingerprint density at radius 3 is 2.48 bits per heavy atom. The van der Waals surface area contributed by atoms with Gasteiger partial charge in [-0.3, -0.25) is 14.2 Å². The summed E-state index contributed by atoms with van der Waals surface area (Å²) in [7, 11) is 0. The number of nitrogens with zero attached hydrogens (tertiary/aromatic N) is 1. The van der Waals surface area contributed by atoms with Crippen molar-refractivity contribution in [1.82, 2.24) is 9.88 Å². The highest BCUT2D eigenvalue weighted by Gasteiger charge is 2.17. The second-order valence-electron chi connectivity index (χ2n) is 7.11. The molecule has 0 radical (unpaired) electrons. The number of quaternary nitrogens is 1. The number of ether oxygens (including phenoxy) is 1. The molecule has 1 fully saturated rings. The van der Waals surface area contributed by atoms with Gasteiger partial charge in [-0.1, -0.05) is 29.8 Å². The molecule has 0 bridgehead atoms. The molecule has 1 amide bonds. The van der Waals surface area contributed by atoms with E-state index in [1.54, 1.807) is 42.6 Å². The SMILES string of the molecule is O=C(NCC[NH+]1CCOCC1)c1cn(-c2ccc(Cl)cc2)c(=O)c2ccccc12. The Balaban J connectivity index is 1.63. The van der Waals surface area contributed by atoms with E-state index in [4.69, 9.17) is 16.3 Å². The lowest BCUT2D eigenvalue weighted by Gasteiger charge is -2.23. The molecule has 3 aromatic rings. The number of rotatable bonds is 5. The Kier molecular flexibility index (Phi) is 5.94. The molecule has 1 aromatic heterocycles. The van der Waals surface area contributed by atoms with E-state index in [0.717, 1.165) is 32.8 Å². The average molecular weight is 413 g/mol. The Hall–Kier alpha value is -2.67. The van der Waals surface area contributed by atoms with E-state index in [-0.39, 0.29) is 11.5 Å². The van der Waals surface area contributed by atoms with E-state index in [1.165, 1.54) is 9.47 Å². The maximum Gasteiger partial charge on any atom is 0.262 e. The first-order valence-corrected chi connectivity index (χ1v) is 10.1. The topological polar surface area (TPSA) is 64.8 Å². The van der Waals surface area contributed by atoms with Gasteiger partial charge in [0.2, 0.25) is 0 Å². The first kappa shape index (κ1) is 19.6. The molecule has 1 aliphatic heterocycles. The van der Waals surface area contributed by atoms with Gasteiger partial charge >= 0.3 is 0 Å². The summed E-state index contributed by atoms with van der Waals surface area (Å²) in [6.07, 6.45) is 1.62. The van der Waals surface area contributed by atoms with Crippen molar-refractivity contribution in [2.45, 2.75) is 0 Å². The Labute approximate surface area is 173 Å². The Bertz CT molecular complexity index is 1070. The Morgan fingerprint density at radius 1 is 1.07 bits per heavy atom. The van der Waals surface area contributed by atoms with Gasteiger partial charge in [0.05, 0.1) is 31.9 Å². The molecule has 0 aliphatic carbocycles. The summed E-state index contributed by atoms with van der Waals surface area (Å²) in [5.74, 6) is -0.184.